The van der Waals surface area contributed by atoms with Crippen molar-refractivity contribution in [2.24, 2.45) is 0 Å². The van der Waals surface area contributed by atoms with Gasteiger partial charge in [0.2, 0.25) is 0 Å². The predicted octanol–water partition coefficient (Wildman–Crippen LogP) is 3.56. The molecule has 0 aliphatic rings. The van der Waals surface area contributed by atoms with Crippen LogP contribution in [0.2, 0.25) is 0 Å². The zero-order chi connectivity index (χ0) is 13.1. The second-order valence-corrected chi connectivity index (χ2v) is 5.30. The zero-order valence-corrected chi connectivity index (χ0v) is 12.4. The highest BCUT2D eigenvalue weighted by Gasteiger charge is 2.16. The number of rotatable bonds is 4. The Hall–Kier alpha value is -1.13. The number of pyridine rings is 1. The van der Waals surface area contributed by atoms with E-state index in [1.165, 1.54) is 5.56 Å². The van der Waals surface area contributed by atoms with Gasteiger partial charge in [-0.15, -0.1) is 0 Å². The lowest BCUT2D eigenvalue weighted by Gasteiger charge is -2.15. The van der Waals surface area contributed by atoms with E-state index in [1.807, 2.05) is 39.2 Å². The maximum atomic E-state index is 5.59. The van der Waals surface area contributed by atoms with Crippen LogP contribution in [0.1, 0.15) is 28.8 Å². The molecule has 0 aliphatic carbocycles. The molecule has 0 radical (unpaired) electrons. The number of nitrogens with one attached hydrogen (secondary N) is 1. The Morgan fingerprint density at radius 2 is 2.17 bits per heavy atom. The molecule has 0 fully saturated rings. The Bertz CT molecular complexity index is 519. The van der Waals surface area contributed by atoms with Crippen molar-refractivity contribution in [2.45, 2.75) is 26.3 Å². The smallest absolute Gasteiger partial charge is 0.105 e. The lowest BCUT2D eigenvalue weighted by atomic mass is 10.0. The molecular weight excluding hydrogens is 292 g/mol. The molecule has 0 saturated heterocycles. The van der Waals surface area contributed by atoms with Crippen molar-refractivity contribution >= 4 is 15.9 Å². The van der Waals surface area contributed by atoms with Gasteiger partial charge >= 0.3 is 0 Å². The summed E-state index contributed by atoms with van der Waals surface area (Å²) in [4.78, 5) is 4.41. The molecule has 0 spiro atoms. The van der Waals surface area contributed by atoms with Gasteiger partial charge in [-0.3, -0.25) is 4.98 Å². The standard InChI is InChI=1S/C14H17BrN2O/c1-9-6-13(10(2)18-9)14(16-3)7-12-5-4-11(15)8-17-12/h4-6,8,14,16H,7H2,1-3H3. The third kappa shape index (κ3) is 3.00. The van der Waals surface area contributed by atoms with Crippen LogP contribution in [0.15, 0.2) is 33.3 Å². The van der Waals surface area contributed by atoms with Gasteiger partial charge in [0.25, 0.3) is 0 Å². The first-order valence-electron chi connectivity index (χ1n) is 5.94. The van der Waals surface area contributed by atoms with Gasteiger partial charge in [-0.2, -0.15) is 0 Å². The Morgan fingerprint density at radius 1 is 1.39 bits per heavy atom. The lowest BCUT2D eigenvalue weighted by Crippen LogP contribution is -2.19. The number of nitrogens with zero attached hydrogens (tertiary/aromatic N) is 1. The maximum Gasteiger partial charge on any atom is 0.105 e. The molecule has 18 heavy (non-hydrogen) atoms. The molecule has 96 valence electrons. The average Bonchev–Trinajstić information content (AvgIpc) is 2.68. The van der Waals surface area contributed by atoms with Crippen molar-refractivity contribution in [3.05, 3.63) is 51.6 Å². The quantitative estimate of drug-likeness (QED) is 0.938. The van der Waals surface area contributed by atoms with Gasteiger partial charge in [-0.1, -0.05) is 0 Å². The number of aromatic nitrogens is 1. The van der Waals surface area contributed by atoms with E-state index in [4.69, 9.17) is 4.42 Å². The molecule has 4 heteroatoms. The van der Waals surface area contributed by atoms with E-state index in [0.717, 1.165) is 28.1 Å². The fraction of sp³-hybridized carbons (Fsp3) is 0.357. The highest BCUT2D eigenvalue weighted by Crippen LogP contribution is 2.24. The zero-order valence-electron chi connectivity index (χ0n) is 10.8. The molecule has 2 aromatic heterocycles. The molecule has 2 rings (SSSR count). The van der Waals surface area contributed by atoms with Crippen LogP contribution >= 0.6 is 15.9 Å². The number of hydrogen-bond acceptors (Lipinski definition) is 3. The highest BCUT2D eigenvalue weighted by atomic mass is 79.9. The molecule has 2 aromatic rings. The molecule has 0 amide bonds. The van der Waals surface area contributed by atoms with E-state index in [9.17, 15) is 0 Å². The molecule has 1 N–H and O–H groups in total. The monoisotopic (exact) mass is 308 g/mol. The topological polar surface area (TPSA) is 38.1 Å². The summed E-state index contributed by atoms with van der Waals surface area (Å²) < 4.78 is 6.59. The summed E-state index contributed by atoms with van der Waals surface area (Å²) in [6.07, 6.45) is 2.68. The van der Waals surface area contributed by atoms with Crippen LogP contribution < -0.4 is 5.32 Å². The fourth-order valence-electron chi connectivity index (χ4n) is 2.10. The van der Waals surface area contributed by atoms with Crippen LogP contribution in [-0.4, -0.2) is 12.0 Å². The van der Waals surface area contributed by atoms with Crippen molar-refractivity contribution in [3.8, 4) is 0 Å². The van der Waals surface area contributed by atoms with Crippen LogP contribution in [0.5, 0.6) is 0 Å². The molecule has 0 saturated carbocycles. The van der Waals surface area contributed by atoms with Gasteiger partial charge in [-0.05, 0) is 55.0 Å². The van der Waals surface area contributed by atoms with E-state index >= 15 is 0 Å². The largest absolute Gasteiger partial charge is 0.466 e. The van der Waals surface area contributed by atoms with Crippen molar-refractivity contribution < 1.29 is 4.42 Å². The summed E-state index contributed by atoms with van der Waals surface area (Å²) >= 11 is 3.40. The number of halogens is 1. The Balaban J connectivity index is 2.19. The second kappa shape index (κ2) is 5.67. The minimum absolute atomic E-state index is 0.233. The van der Waals surface area contributed by atoms with Gasteiger partial charge in [0.05, 0.1) is 0 Å². The van der Waals surface area contributed by atoms with Crippen molar-refractivity contribution in [2.75, 3.05) is 7.05 Å². The van der Waals surface area contributed by atoms with Crippen molar-refractivity contribution in [3.63, 3.8) is 0 Å². The van der Waals surface area contributed by atoms with E-state index in [2.05, 4.69) is 32.3 Å². The number of aryl methyl sites for hydroxylation is 2. The molecule has 1 atom stereocenters. The molecule has 1 unspecified atom stereocenters. The number of hydrogen-bond donors (Lipinski definition) is 1. The third-order valence-corrected chi connectivity index (χ3v) is 3.47. The molecular formula is C14H17BrN2O. The Morgan fingerprint density at radius 3 is 2.67 bits per heavy atom. The minimum Gasteiger partial charge on any atom is -0.466 e. The minimum atomic E-state index is 0.233. The van der Waals surface area contributed by atoms with Gasteiger partial charge in [0.1, 0.15) is 11.5 Å². The van der Waals surface area contributed by atoms with Gasteiger partial charge < -0.3 is 9.73 Å². The van der Waals surface area contributed by atoms with E-state index < -0.39 is 0 Å². The summed E-state index contributed by atoms with van der Waals surface area (Å²) in [6.45, 7) is 3.97. The molecule has 3 nitrogen and oxygen atoms in total. The Kier molecular flexibility index (Phi) is 4.19. The van der Waals surface area contributed by atoms with Gasteiger partial charge in [0, 0.05) is 34.4 Å². The first-order chi connectivity index (χ1) is 8.60. The van der Waals surface area contributed by atoms with Crippen molar-refractivity contribution in [1.82, 2.24) is 10.3 Å². The maximum absolute atomic E-state index is 5.59. The van der Waals surface area contributed by atoms with Gasteiger partial charge in [0.15, 0.2) is 0 Å². The summed E-state index contributed by atoms with van der Waals surface area (Å²) in [7, 11) is 1.96. The molecule has 2 heterocycles. The molecule has 0 aromatic carbocycles. The normalized spacial score (nSPS) is 12.7. The second-order valence-electron chi connectivity index (χ2n) is 4.38. The van der Waals surface area contributed by atoms with Crippen molar-refractivity contribution in [1.29, 1.82) is 0 Å². The van der Waals surface area contributed by atoms with E-state index in [-0.39, 0.29) is 6.04 Å². The van der Waals surface area contributed by atoms with Gasteiger partial charge in [-0.25, -0.2) is 0 Å². The summed E-state index contributed by atoms with van der Waals surface area (Å²) in [6, 6.07) is 6.38. The molecule has 0 aliphatic heterocycles. The highest BCUT2D eigenvalue weighted by molar-refractivity contribution is 9.10. The summed E-state index contributed by atoms with van der Waals surface area (Å²) in [5.74, 6) is 1.93. The Labute approximate surface area is 116 Å². The van der Waals surface area contributed by atoms with Crippen LogP contribution in [0.25, 0.3) is 0 Å². The van der Waals surface area contributed by atoms with Crippen LogP contribution in [0, 0.1) is 13.8 Å². The van der Waals surface area contributed by atoms with E-state index in [0.29, 0.717) is 0 Å². The van der Waals surface area contributed by atoms with E-state index in [1.54, 1.807) is 0 Å². The van der Waals surface area contributed by atoms with Crippen LogP contribution in [0.3, 0.4) is 0 Å². The van der Waals surface area contributed by atoms with Crippen LogP contribution in [-0.2, 0) is 6.42 Å². The first-order valence-corrected chi connectivity index (χ1v) is 6.74. The number of furan rings is 1. The molecule has 0 bridgehead atoms. The lowest BCUT2D eigenvalue weighted by molar-refractivity contribution is 0.489. The predicted molar refractivity (Wildman–Crippen MR) is 75.6 cm³/mol. The summed E-state index contributed by atoms with van der Waals surface area (Å²) in [5.41, 5.74) is 2.27. The SMILES string of the molecule is CNC(Cc1ccc(Br)cn1)c1cc(C)oc1C. The fourth-order valence-corrected chi connectivity index (χ4v) is 2.33. The van der Waals surface area contributed by atoms with Crippen LogP contribution in [0.4, 0.5) is 0 Å². The first kappa shape index (κ1) is 13.3. The third-order valence-electron chi connectivity index (χ3n) is 3.01. The number of likely N-dealkylation sites (N-methyl/N-ethyl adjacent to an activating group) is 1. The average molecular weight is 309 g/mol. The summed E-state index contributed by atoms with van der Waals surface area (Å²) in [5, 5.41) is 3.32.